The molecule has 47 heavy (non-hydrogen) atoms. The molecule has 3 atom stereocenters. The van der Waals surface area contributed by atoms with Crippen LogP contribution in [0.1, 0.15) is 42.7 Å². The second kappa shape index (κ2) is 13.9. The van der Waals surface area contributed by atoms with Crippen molar-refractivity contribution in [2.75, 3.05) is 26.2 Å². The van der Waals surface area contributed by atoms with Gasteiger partial charge in [0.05, 0.1) is 5.92 Å². The highest BCUT2D eigenvalue weighted by molar-refractivity contribution is 9.10. The van der Waals surface area contributed by atoms with Crippen LogP contribution in [0.2, 0.25) is 0 Å². The number of fused-ring (bicyclic) bond motifs is 2. The summed E-state index contributed by atoms with van der Waals surface area (Å²) >= 11 is 6.95. The molecular weight excluding hydrogens is 736 g/mol. The number of likely N-dealkylation sites (tertiary alicyclic amines) is 1. The molecule has 2 aromatic carbocycles. The number of nitrogens with zero attached hydrogens (tertiary/aromatic N) is 3. The first kappa shape index (κ1) is 34.2. The van der Waals surface area contributed by atoms with Crippen LogP contribution >= 0.6 is 31.9 Å². The second-order valence-corrected chi connectivity index (χ2v) is 13.3. The highest BCUT2D eigenvalue weighted by Gasteiger charge is 2.71. The summed E-state index contributed by atoms with van der Waals surface area (Å²) in [7, 11) is 0. The molecule has 3 heterocycles. The zero-order chi connectivity index (χ0) is 33.9. The van der Waals surface area contributed by atoms with E-state index in [0.717, 1.165) is 13.8 Å². The quantitative estimate of drug-likeness (QED) is 0.0550. The number of aliphatic imine (C=N–C) groups is 2. The van der Waals surface area contributed by atoms with Gasteiger partial charge in [-0.25, -0.2) is 0 Å². The van der Waals surface area contributed by atoms with Crippen LogP contribution in [0.3, 0.4) is 0 Å². The molecule has 250 valence electrons. The van der Waals surface area contributed by atoms with Gasteiger partial charge in [0.25, 0.3) is 11.8 Å². The number of carbonyl (C=O) groups is 2. The van der Waals surface area contributed by atoms with E-state index in [4.69, 9.17) is 22.9 Å². The SMILES string of the molecule is NC(N)=NCCCCNC(=O)[C@@]1(O)[C@H](c2c[nH]c3cc(Br)ccc23)[C@@](O)(c2c[nH]c3cc(Br)ccc23)C(=O)N1CCCCN=C(N)N. The number of H-pyrrole nitrogens is 2. The molecule has 16 heteroatoms. The number of aromatic amines is 2. The highest BCUT2D eigenvalue weighted by atomic mass is 79.9. The maximum atomic E-state index is 14.7. The Hall–Kier alpha value is -4.12. The Morgan fingerprint density at radius 1 is 0.872 bits per heavy atom. The molecule has 13 N–H and O–H groups in total. The summed E-state index contributed by atoms with van der Waals surface area (Å²) in [6, 6.07) is 10.9. The summed E-state index contributed by atoms with van der Waals surface area (Å²) in [6.45, 7) is 0.759. The molecule has 0 bridgehead atoms. The van der Waals surface area contributed by atoms with E-state index in [1.807, 2.05) is 24.3 Å². The molecule has 2 aromatic heterocycles. The summed E-state index contributed by atoms with van der Waals surface area (Å²) in [5.41, 5.74) is 18.8. The molecule has 2 amide bonds. The molecule has 1 aliphatic rings. The van der Waals surface area contributed by atoms with E-state index in [2.05, 4.69) is 57.1 Å². The molecule has 1 fully saturated rings. The lowest BCUT2D eigenvalue weighted by Gasteiger charge is -2.37. The molecule has 4 aromatic rings. The second-order valence-electron chi connectivity index (χ2n) is 11.5. The number of rotatable bonds is 13. The van der Waals surface area contributed by atoms with Crippen LogP contribution in [0, 0.1) is 0 Å². The number of aromatic nitrogens is 2. The van der Waals surface area contributed by atoms with Crippen molar-refractivity contribution in [1.82, 2.24) is 20.2 Å². The van der Waals surface area contributed by atoms with Crippen molar-refractivity contribution in [3.8, 4) is 0 Å². The van der Waals surface area contributed by atoms with Crippen LogP contribution in [0.25, 0.3) is 21.8 Å². The zero-order valence-electron chi connectivity index (χ0n) is 25.5. The Morgan fingerprint density at radius 3 is 2.09 bits per heavy atom. The van der Waals surface area contributed by atoms with Gasteiger partial charge in [-0.2, -0.15) is 0 Å². The van der Waals surface area contributed by atoms with Crippen LogP contribution in [0.5, 0.6) is 0 Å². The number of hydrogen-bond acceptors (Lipinski definition) is 6. The third kappa shape index (κ3) is 6.54. The minimum Gasteiger partial charge on any atom is -0.375 e. The summed E-state index contributed by atoms with van der Waals surface area (Å²) in [4.78, 5) is 44.3. The van der Waals surface area contributed by atoms with Gasteiger partial charge in [-0.3, -0.25) is 19.6 Å². The Morgan fingerprint density at radius 2 is 1.45 bits per heavy atom. The lowest BCUT2D eigenvalue weighted by atomic mass is 9.74. The minimum absolute atomic E-state index is 0.0270. The maximum absolute atomic E-state index is 14.7. The minimum atomic E-state index is -2.51. The van der Waals surface area contributed by atoms with Crippen LogP contribution in [0.15, 0.2) is 67.7 Å². The van der Waals surface area contributed by atoms with Crippen LogP contribution < -0.4 is 28.3 Å². The lowest BCUT2D eigenvalue weighted by Crippen LogP contribution is -2.59. The number of guanidine groups is 2. The monoisotopic (exact) mass is 772 g/mol. The van der Waals surface area contributed by atoms with E-state index in [-0.39, 0.29) is 37.1 Å². The van der Waals surface area contributed by atoms with Crippen molar-refractivity contribution in [3.63, 3.8) is 0 Å². The van der Waals surface area contributed by atoms with Crippen LogP contribution in [-0.2, 0) is 15.2 Å². The number of carbonyl (C=O) groups excluding carboxylic acids is 2. The van der Waals surface area contributed by atoms with Crippen LogP contribution in [0.4, 0.5) is 0 Å². The average molecular weight is 775 g/mol. The first-order valence-corrected chi connectivity index (χ1v) is 16.7. The molecule has 0 saturated carbocycles. The molecule has 0 spiro atoms. The van der Waals surface area contributed by atoms with E-state index in [9.17, 15) is 19.8 Å². The fraction of sp³-hybridized carbons (Fsp3) is 0.355. The first-order chi connectivity index (χ1) is 22.4. The lowest BCUT2D eigenvalue weighted by molar-refractivity contribution is -0.167. The first-order valence-electron chi connectivity index (χ1n) is 15.1. The Kier molecular flexibility index (Phi) is 10.1. The summed E-state index contributed by atoms with van der Waals surface area (Å²) in [6.07, 6.45) is 5.04. The van der Waals surface area contributed by atoms with Gasteiger partial charge >= 0.3 is 0 Å². The van der Waals surface area contributed by atoms with E-state index >= 15 is 0 Å². The molecule has 5 rings (SSSR count). The van der Waals surface area contributed by atoms with Crippen molar-refractivity contribution >= 4 is 77.4 Å². The maximum Gasteiger partial charge on any atom is 0.274 e. The van der Waals surface area contributed by atoms with E-state index in [1.54, 1.807) is 24.5 Å². The van der Waals surface area contributed by atoms with Crippen molar-refractivity contribution in [2.45, 2.75) is 42.9 Å². The molecule has 1 saturated heterocycles. The van der Waals surface area contributed by atoms with Gasteiger partial charge in [0.2, 0.25) is 5.72 Å². The van der Waals surface area contributed by atoms with Gasteiger partial charge in [-0.05, 0) is 55.5 Å². The summed E-state index contributed by atoms with van der Waals surface area (Å²) < 4.78 is 1.59. The van der Waals surface area contributed by atoms with Crippen molar-refractivity contribution in [3.05, 3.63) is 68.9 Å². The normalized spacial score (nSPS) is 21.0. The van der Waals surface area contributed by atoms with Crippen molar-refractivity contribution in [2.24, 2.45) is 32.9 Å². The number of halogens is 2. The molecule has 1 aliphatic heterocycles. The molecule has 14 nitrogen and oxygen atoms in total. The Balaban J connectivity index is 1.63. The van der Waals surface area contributed by atoms with Crippen molar-refractivity contribution < 1.29 is 19.8 Å². The molecule has 0 unspecified atom stereocenters. The van der Waals surface area contributed by atoms with Gasteiger partial charge in [0.15, 0.2) is 17.5 Å². The third-order valence-electron chi connectivity index (χ3n) is 8.43. The molecule has 0 radical (unpaired) electrons. The van der Waals surface area contributed by atoms with Gasteiger partial charge < -0.3 is 53.3 Å². The number of nitrogens with one attached hydrogen (secondary N) is 3. The van der Waals surface area contributed by atoms with E-state index < -0.39 is 29.1 Å². The number of amides is 2. The number of hydrogen-bond donors (Lipinski definition) is 9. The highest BCUT2D eigenvalue weighted by Crippen LogP contribution is 2.55. The average Bonchev–Trinajstić information content (AvgIpc) is 3.67. The fourth-order valence-electron chi connectivity index (χ4n) is 6.31. The predicted molar refractivity (Wildman–Crippen MR) is 188 cm³/mol. The van der Waals surface area contributed by atoms with Crippen LogP contribution in [-0.4, -0.2) is 80.7 Å². The zero-order valence-corrected chi connectivity index (χ0v) is 28.6. The summed E-state index contributed by atoms with van der Waals surface area (Å²) in [5.74, 6) is -3.19. The topological polar surface area (TPSA) is 250 Å². The van der Waals surface area contributed by atoms with Gasteiger partial charge in [0, 0.05) is 74.9 Å². The Bertz CT molecular complexity index is 1850. The fourth-order valence-corrected chi connectivity index (χ4v) is 7.03. The third-order valence-corrected chi connectivity index (χ3v) is 9.41. The summed E-state index contributed by atoms with van der Waals surface area (Å²) in [5, 5.41) is 29.7. The van der Waals surface area contributed by atoms with E-state index in [0.29, 0.717) is 59.6 Å². The largest absolute Gasteiger partial charge is 0.375 e. The van der Waals surface area contributed by atoms with Gasteiger partial charge in [-0.15, -0.1) is 0 Å². The van der Waals surface area contributed by atoms with Crippen molar-refractivity contribution in [1.29, 1.82) is 0 Å². The van der Waals surface area contributed by atoms with Gasteiger partial charge in [-0.1, -0.05) is 44.0 Å². The van der Waals surface area contributed by atoms with E-state index in [1.165, 1.54) is 0 Å². The molecule has 0 aliphatic carbocycles. The van der Waals surface area contributed by atoms with Gasteiger partial charge in [0.1, 0.15) is 0 Å². The number of nitrogens with two attached hydrogens (primary N) is 4. The standard InChI is InChI=1S/C31H38Br2N10O4/c32-17-5-7-19-21(15-41-23(19)13-17)25-30(46,22-16-42-24-14-18(33)6-8-20(22)24)27(45)43(12-4-3-11-40-29(36)37)31(25,47)26(44)38-9-1-2-10-39-28(34)35/h5-8,13-16,25,41-42,46-47H,1-4,9-12H2,(H,38,44)(H4,34,35,39)(H4,36,37,40)/t25-,30+,31+/m1/s1. The number of benzene rings is 2. The number of aliphatic hydroxyl groups is 2. The Labute approximate surface area is 287 Å². The smallest absolute Gasteiger partial charge is 0.274 e. The number of unbranched alkanes of at least 4 members (excludes halogenated alkanes) is 2. The predicted octanol–water partition coefficient (Wildman–Crippen LogP) is 1.90. The molecular formula is C31H38Br2N10O4.